The lowest BCUT2D eigenvalue weighted by Gasteiger charge is -2.00. The predicted molar refractivity (Wildman–Crippen MR) is 62.8 cm³/mol. The summed E-state index contributed by atoms with van der Waals surface area (Å²) in [6.45, 7) is 2.17. The first-order valence-electron chi connectivity index (χ1n) is 4.50. The van der Waals surface area contributed by atoms with Crippen LogP contribution >= 0.6 is 22.6 Å². The number of carbonyl (C=O) groups is 1. The van der Waals surface area contributed by atoms with Gasteiger partial charge in [0.25, 0.3) is 0 Å². The lowest BCUT2D eigenvalue weighted by molar-refractivity contribution is 0.0515. The molecule has 5 nitrogen and oxygen atoms in total. The molecule has 0 spiro atoms. The second-order valence-corrected chi connectivity index (χ2v) is 4.15. The standard InChI is InChI=1S/C9H10IN3O2/c1-3-15-8(14)6-5-13-7(10)4-11-9(13)12(6)2/h4-5H,3H2,1-2H3. The van der Waals surface area contributed by atoms with E-state index in [1.807, 2.05) is 4.40 Å². The minimum atomic E-state index is -0.318. The third-order valence-electron chi connectivity index (χ3n) is 2.13. The Hall–Kier alpha value is -1.05. The fourth-order valence-corrected chi connectivity index (χ4v) is 1.90. The molecule has 0 aliphatic carbocycles. The van der Waals surface area contributed by atoms with Crippen LogP contribution < -0.4 is 0 Å². The maximum absolute atomic E-state index is 11.6. The molecule has 0 N–H and O–H groups in total. The van der Waals surface area contributed by atoms with Gasteiger partial charge in [-0.05, 0) is 29.5 Å². The van der Waals surface area contributed by atoms with E-state index in [1.165, 1.54) is 0 Å². The normalized spacial score (nSPS) is 10.9. The summed E-state index contributed by atoms with van der Waals surface area (Å²) >= 11 is 2.16. The fraction of sp³-hybridized carbons (Fsp3) is 0.333. The van der Waals surface area contributed by atoms with Crippen molar-refractivity contribution in [2.45, 2.75) is 6.92 Å². The number of esters is 1. The molecule has 0 saturated heterocycles. The molecule has 0 aromatic carbocycles. The van der Waals surface area contributed by atoms with Gasteiger partial charge in [0.1, 0.15) is 9.39 Å². The second-order valence-electron chi connectivity index (χ2n) is 3.04. The average Bonchev–Trinajstić information content (AvgIpc) is 2.70. The summed E-state index contributed by atoms with van der Waals surface area (Å²) in [6.07, 6.45) is 3.49. The van der Waals surface area contributed by atoms with E-state index in [2.05, 4.69) is 27.6 Å². The van der Waals surface area contributed by atoms with Crippen LogP contribution in [0.2, 0.25) is 0 Å². The van der Waals surface area contributed by atoms with Gasteiger partial charge in [-0.3, -0.25) is 4.40 Å². The molecule has 0 bridgehead atoms. The quantitative estimate of drug-likeness (QED) is 0.622. The van der Waals surface area contributed by atoms with E-state index in [1.54, 1.807) is 30.9 Å². The molecular formula is C9H10IN3O2. The topological polar surface area (TPSA) is 48.5 Å². The number of carbonyl (C=O) groups excluding carboxylic acids is 1. The van der Waals surface area contributed by atoms with Crippen LogP contribution in [0.15, 0.2) is 12.4 Å². The summed E-state index contributed by atoms with van der Waals surface area (Å²) < 4.78 is 9.49. The Morgan fingerprint density at radius 2 is 2.40 bits per heavy atom. The van der Waals surface area contributed by atoms with Gasteiger partial charge in [0.2, 0.25) is 5.78 Å². The summed E-state index contributed by atoms with van der Waals surface area (Å²) in [4.78, 5) is 15.7. The van der Waals surface area contributed by atoms with E-state index in [4.69, 9.17) is 4.74 Å². The van der Waals surface area contributed by atoms with E-state index in [0.29, 0.717) is 12.3 Å². The highest BCUT2D eigenvalue weighted by Gasteiger charge is 2.16. The van der Waals surface area contributed by atoms with Gasteiger partial charge < -0.3 is 9.30 Å². The highest BCUT2D eigenvalue weighted by molar-refractivity contribution is 14.1. The first kappa shape index (κ1) is 10.5. The van der Waals surface area contributed by atoms with Crippen LogP contribution in [0.25, 0.3) is 5.78 Å². The summed E-state index contributed by atoms with van der Waals surface area (Å²) in [5.74, 6) is 0.420. The Morgan fingerprint density at radius 3 is 3.00 bits per heavy atom. The van der Waals surface area contributed by atoms with Crippen LogP contribution in [0.1, 0.15) is 17.4 Å². The Kier molecular flexibility index (Phi) is 2.68. The molecule has 0 atom stereocenters. The molecular weight excluding hydrogens is 309 g/mol. The lowest BCUT2D eigenvalue weighted by Crippen LogP contribution is -2.09. The van der Waals surface area contributed by atoms with Gasteiger partial charge in [0, 0.05) is 13.2 Å². The molecule has 2 heterocycles. The van der Waals surface area contributed by atoms with Crippen molar-refractivity contribution >= 4 is 34.3 Å². The number of imidazole rings is 2. The van der Waals surface area contributed by atoms with Gasteiger partial charge in [0.15, 0.2) is 0 Å². The third-order valence-corrected chi connectivity index (χ3v) is 2.93. The highest BCUT2D eigenvalue weighted by Crippen LogP contribution is 2.13. The van der Waals surface area contributed by atoms with Crippen LogP contribution in [0, 0.1) is 3.70 Å². The molecule has 80 valence electrons. The van der Waals surface area contributed by atoms with Crippen molar-refractivity contribution in [2.24, 2.45) is 7.05 Å². The van der Waals surface area contributed by atoms with Crippen molar-refractivity contribution < 1.29 is 9.53 Å². The fourth-order valence-electron chi connectivity index (χ4n) is 1.41. The van der Waals surface area contributed by atoms with Gasteiger partial charge in [-0.15, -0.1) is 0 Å². The maximum atomic E-state index is 11.6. The highest BCUT2D eigenvalue weighted by atomic mass is 127. The van der Waals surface area contributed by atoms with Gasteiger partial charge in [-0.2, -0.15) is 0 Å². The molecule has 0 fully saturated rings. The van der Waals surface area contributed by atoms with Crippen LogP contribution in [0.5, 0.6) is 0 Å². The zero-order valence-electron chi connectivity index (χ0n) is 8.40. The van der Waals surface area contributed by atoms with Gasteiger partial charge in [0.05, 0.1) is 12.8 Å². The van der Waals surface area contributed by atoms with Crippen molar-refractivity contribution in [3.63, 3.8) is 0 Å². The molecule has 15 heavy (non-hydrogen) atoms. The lowest BCUT2D eigenvalue weighted by atomic mass is 10.5. The van der Waals surface area contributed by atoms with Crippen LogP contribution in [-0.4, -0.2) is 26.5 Å². The number of hydrogen-bond donors (Lipinski definition) is 0. The minimum Gasteiger partial charge on any atom is -0.461 e. The first-order chi connectivity index (χ1) is 7.15. The van der Waals surface area contributed by atoms with Crippen molar-refractivity contribution in [1.82, 2.24) is 14.0 Å². The average molecular weight is 319 g/mol. The number of nitrogens with zero attached hydrogens (tertiary/aromatic N) is 3. The smallest absolute Gasteiger partial charge is 0.356 e. The second kappa shape index (κ2) is 3.84. The molecule has 0 aliphatic heterocycles. The van der Waals surface area contributed by atoms with Crippen molar-refractivity contribution in [2.75, 3.05) is 6.61 Å². The molecule has 0 aliphatic rings. The van der Waals surface area contributed by atoms with E-state index in [0.717, 1.165) is 9.48 Å². The summed E-state index contributed by atoms with van der Waals surface area (Å²) in [5, 5.41) is 0. The van der Waals surface area contributed by atoms with Gasteiger partial charge in [-0.1, -0.05) is 0 Å². The number of halogens is 1. The number of ether oxygens (including phenoxy) is 1. The van der Waals surface area contributed by atoms with Gasteiger partial charge >= 0.3 is 5.97 Å². The summed E-state index contributed by atoms with van der Waals surface area (Å²) in [6, 6.07) is 0. The van der Waals surface area contributed by atoms with E-state index < -0.39 is 0 Å². The molecule has 2 aromatic heterocycles. The Labute approximate surface area is 100 Å². The van der Waals surface area contributed by atoms with Crippen LogP contribution in [0.4, 0.5) is 0 Å². The largest absolute Gasteiger partial charge is 0.461 e. The number of aryl methyl sites for hydroxylation is 1. The number of hydrogen-bond acceptors (Lipinski definition) is 3. The zero-order valence-corrected chi connectivity index (χ0v) is 10.6. The monoisotopic (exact) mass is 319 g/mol. The Balaban J connectivity index is 2.53. The van der Waals surface area contributed by atoms with Crippen molar-refractivity contribution in [3.05, 3.63) is 21.8 Å². The number of fused-ring (bicyclic) bond motifs is 1. The SMILES string of the molecule is CCOC(=O)c1cn2c(I)cnc2n1C. The number of aromatic nitrogens is 3. The zero-order chi connectivity index (χ0) is 11.0. The molecule has 0 saturated carbocycles. The van der Waals surface area contributed by atoms with E-state index in [9.17, 15) is 4.79 Å². The third kappa shape index (κ3) is 1.62. The number of rotatable bonds is 2. The summed E-state index contributed by atoms with van der Waals surface area (Å²) in [5.41, 5.74) is 0.512. The predicted octanol–water partition coefficient (Wildman–Crippen LogP) is 1.45. The van der Waals surface area contributed by atoms with E-state index in [-0.39, 0.29) is 5.97 Å². The van der Waals surface area contributed by atoms with Gasteiger partial charge in [-0.25, -0.2) is 9.78 Å². The molecule has 0 radical (unpaired) electrons. The molecule has 0 unspecified atom stereocenters. The van der Waals surface area contributed by atoms with Crippen molar-refractivity contribution in [3.8, 4) is 0 Å². The summed E-state index contributed by atoms with van der Waals surface area (Å²) in [7, 11) is 1.80. The molecule has 2 rings (SSSR count). The minimum absolute atomic E-state index is 0.318. The Morgan fingerprint density at radius 1 is 1.67 bits per heavy atom. The Bertz CT molecular complexity index is 515. The van der Waals surface area contributed by atoms with Crippen LogP contribution in [-0.2, 0) is 11.8 Å². The first-order valence-corrected chi connectivity index (χ1v) is 5.58. The van der Waals surface area contributed by atoms with Crippen LogP contribution in [0.3, 0.4) is 0 Å². The maximum Gasteiger partial charge on any atom is 0.356 e. The molecule has 0 amide bonds. The van der Waals surface area contributed by atoms with Crippen molar-refractivity contribution in [1.29, 1.82) is 0 Å². The molecule has 2 aromatic rings. The molecule has 6 heteroatoms. The van der Waals surface area contributed by atoms with E-state index >= 15 is 0 Å².